The molecule has 3 heterocycles. The molecule has 0 unspecified atom stereocenters. The number of guanidine groups is 1. The maximum Gasteiger partial charge on any atom is 0.302 e. The first kappa shape index (κ1) is 41.1. The number of hydrogen-bond donors (Lipinski definition) is 8. The highest BCUT2D eigenvalue weighted by Gasteiger charge is 2.46. The molecule has 8 bridgehead atoms. The molecule has 12 heteroatoms. The molecule has 0 radical (unpaired) electrons. The summed E-state index contributed by atoms with van der Waals surface area (Å²) in [7, 11) is 0. The third-order valence-corrected chi connectivity index (χ3v) is 13.0. The van der Waals surface area contributed by atoms with Crippen LogP contribution < -0.4 is 26.4 Å². The molecule has 1 saturated heterocycles. The number of nitrogens with zero attached hydrogens (tertiary/aromatic N) is 1. The Balaban J connectivity index is 1.37. The normalized spacial score (nSPS) is 33.6. The predicted molar refractivity (Wildman–Crippen MR) is 218 cm³/mol. The standard InChI is InChI=1S/C45H61N5O7/c1-29(52)56-39-25-35(53)11-17-45-16-10-32-7-4-15-44(26-36(14-20-49-44)57-40-24-33(22-37(32)39)34(27-51)23-38(40)54)28-47-18-12-30-5-2-6-31(21-30)13-19-48-43(46)50-41(45)8-3-9-42(45)55/h2-3,5-6,8,21,23-24,32,35-37,39,41-42,47,49,51,53-55H,4,7,9,11-15,17-20,22,25-28H2,1H3,(H3,46,48,50)/t32-,35-,36-,37+,39-,41+,42+,44+,45-/m0/s1. The van der Waals surface area contributed by atoms with Gasteiger partial charge < -0.3 is 51.6 Å². The second-order valence-corrected chi connectivity index (χ2v) is 17.0. The van der Waals surface area contributed by atoms with Gasteiger partial charge in [-0.3, -0.25) is 9.79 Å². The first-order chi connectivity index (χ1) is 27.5. The lowest BCUT2D eigenvalue weighted by Gasteiger charge is -2.43. The Morgan fingerprint density at radius 3 is 2.77 bits per heavy atom. The van der Waals surface area contributed by atoms with E-state index < -0.39 is 41.7 Å². The first-order valence-electron chi connectivity index (χ1n) is 21.0. The van der Waals surface area contributed by atoms with Crippen molar-refractivity contribution < 1.29 is 34.7 Å². The molecule has 2 aliphatic carbocycles. The second kappa shape index (κ2) is 18.2. The number of hydrogen-bond acceptors (Lipinski definition) is 12. The highest BCUT2D eigenvalue weighted by atomic mass is 16.5. The van der Waals surface area contributed by atoms with Gasteiger partial charge in [-0.05, 0) is 105 Å². The molecule has 0 amide bonds. The summed E-state index contributed by atoms with van der Waals surface area (Å²) in [5, 5.41) is 56.5. The number of esters is 1. The van der Waals surface area contributed by atoms with Crippen molar-refractivity contribution in [2.75, 3.05) is 26.2 Å². The molecular formula is C45H61N5O7. The van der Waals surface area contributed by atoms with Gasteiger partial charge in [0.2, 0.25) is 0 Å². The topological polar surface area (TPSA) is 191 Å². The van der Waals surface area contributed by atoms with E-state index in [1.807, 2.05) is 18.2 Å². The third-order valence-electron chi connectivity index (χ3n) is 13.0. The van der Waals surface area contributed by atoms with Gasteiger partial charge in [-0.15, -0.1) is 0 Å². The number of fused-ring (bicyclic) bond motifs is 7. The van der Waals surface area contributed by atoms with Crippen LogP contribution in [0.1, 0.15) is 87.0 Å². The number of aliphatic hydroxyl groups excluding tert-OH is 3. The summed E-state index contributed by atoms with van der Waals surface area (Å²) in [6, 6.07) is 11.5. The molecule has 2 aromatic carbocycles. The van der Waals surface area contributed by atoms with Crippen LogP contribution in [0.3, 0.4) is 0 Å². The van der Waals surface area contributed by atoms with Crippen LogP contribution in [0.5, 0.6) is 11.5 Å². The molecule has 2 aromatic rings. The third kappa shape index (κ3) is 9.78. The lowest BCUT2D eigenvalue weighted by molar-refractivity contribution is -0.152. The highest BCUT2D eigenvalue weighted by Crippen LogP contribution is 2.43. The van der Waals surface area contributed by atoms with Gasteiger partial charge >= 0.3 is 5.97 Å². The molecule has 57 heavy (non-hydrogen) atoms. The number of aliphatic imine (C=N–C) groups is 1. The Hall–Kier alpha value is -4.12. The number of phenols is 1. The van der Waals surface area contributed by atoms with Crippen LogP contribution in [0.15, 0.2) is 53.5 Å². The summed E-state index contributed by atoms with van der Waals surface area (Å²) in [6.07, 6.45) is 8.40. The Kier molecular flexibility index (Phi) is 13.1. The van der Waals surface area contributed by atoms with E-state index in [0.717, 1.165) is 63.7 Å². The van der Waals surface area contributed by atoms with E-state index in [4.69, 9.17) is 20.2 Å². The lowest BCUT2D eigenvalue weighted by atomic mass is 9.66. The summed E-state index contributed by atoms with van der Waals surface area (Å²) in [5.41, 5.74) is 9.00. The summed E-state index contributed by atoms with van der Waals surface area (Å²) in [6.45, 7) is 3.84. The van der Waals surface area contributed by atoms with Crippen molar-refractivity contribution in [3.8, 4) is 23.3 Å². The van der Waals surface area contributed by atoms with Gasteiger partial charge in [0.15, 0.2) is 17.5 Å². The van der Waals surface area contributed by atoms with Crippen molar-refractivity contribution >= 4 is 11.9 Å². The quantitative estimate of drug-likeness (QED) is 0.127. The maximum absolute atomic E-state index is 12.8. The molecule has 7 rings (SSSR count). The summed E-state index contributed by atoms with van der Waals surface area (Å²) < 4.78 is 12.7. The minimum Gasteiger partial charge on any atom is -0.504 e. The highest BCUT2D eigenvalue weighted by molar-refractivity contribution is 5.78. The number of aromatic hydroxyl groups is 1. The molecule has 308 valence electrons. The number of aliphatic hydroxyl groups is 3. The summed E-state index contributed by atoms with van der Waals surface area (Å²) in [5.74, 6) is 6.73. The van der Waals surface area contributed by atoms with Crippen molar-refractivity contribution in [2.45, 2.75) is 127 Å². The molecule has 5 aliphatic rings. The van der Waals surface area contributed by atoms with Crippen molar-refractivity contribution in [2.24, 2.45) is 28.0 Å². The van der Waals surface area contributed by atoms with Crippen molar-refractivity contribution in [3.63, 3.8) is 0 Å². The van der Waals surface area contributed by atoms with Crippen LogP contribution in [0.4, 0.5) is 0 Å². The maximum atomic E-state index is 12.8. The molecule has 9 atom stereocenters. The number of nitrogens with one attached hydrogen (secondary N) is 3. The predicted octanol–water partition coefficient (Wildman–Crippen LogP) is 3.16. The molecule has 12 nitrogen and oxygen atoms in total. The van der Waals surface area contributed by atoms with Gasteiger partial charge in [0, 0.05) is 50.2 Å². The molecule has 3 aliphatic heterocycles. The first-order valence-corrected chi connectivity index (χ1v) is 21.0. The molecule has 0 saturated carbocycles. The fourth-order valence-electron chi connectivity index (χ4n) is 9.94. The number of nitrogens with two attached hydrogens (primary N) is 1. The van der Waals surface area contributed by atoms with E-state index >= 15 is 0 Å². The molecule has 9 N–H and O–H groups in total. The van der Waals surface area contributed by atoms with Gasteiger partial charge in [0.1, 0.15) is 12.2 Å². The van der Waals surface area contributed by atoms with Crippen LogP contribution >= 0.6 is 0 Å². The lowest BCUT2D eigenvalue weighted by Crippen LogP contribution is -2.59. The van der Waals surface area contributed by atoms with Gasteiger partial charge in [-0.2, -0.15) is 0 Å². The van der Waals surface area contributed by atoms with E-state index in [9.17, 15) is 25.2 Å². The number of phenolic OH excluding ortho intramolecular Hbond substituents is 1. The van der Waals surface area contributed by atoms with Crippen LogP contribution in [-0.4, -0.2) is 94.5 Å². The van der Waals surface area contributed by atoms with E-state index in [2.05, 4.69) is 52.1 Å². The molecule has 1 fully saturated rings. The molecule has 2 spiro atoms. The minimum atomic E-state index is -0.998. The van der Waals surface area contributed by atoms with Gasteiger partial charge in [0.05, 0.1) is 30.3 Å². The van der Waals surface area contributed by atoms with Gasteiger partial charge in [-0.1, -0.05) is 54.7 Å². The van der Waals surface area contributed by atoms with Gasteiger partial charge in [0.25, 0.3) is 0 Å². The van der Waals surface area contributed by atoms with Crippen molar-refractivity contribution in [3.05, 3.63) is 70.8 Å². The number of ether oxygens (including phenoxy) is 2. The average molecular weight is 784 g/mol. The largest absolute Gasteiger partial charge is 0.504 e. The Morgan fingerprint density at radius 2 is 1.95 bits per heavy atom. The van der Waals surface area contributed by atoms with Crippen LogP contribution in [0, 0.1) is 29.1 Å². The number of carbonyl (C=O) groups is 1. The number of benzene rings is 2. The zero-order chi connectivity index (χ0) is 40.0. The zero-order valence-corrected chi connectivity index (χ0v) is 33.2. The number of piperidine rings is 1. The monoisotopic (exact) mass is 783 g/mol. The number of carbonyl (C=O) groups excluding carboxylic acids is 1. The Morgan fingerprint density at radius 1 is 1.11 bits per heavy atom. The minimum absolute atomic E-state index is 0.0350. The van der Waals surface area contributed by atoms with E-state index in [1.165, 1.54) is 18.1 Å². The SMILES string of the molecule is CC(=O)O[C@H]1C[C@@H](O)CC[C@@]23C#C[C@@H]4CCC[C@]5(CNCCc6cccc(c6)CCN=C(N)N[C@@H]2C=CC[C@H]3O)C[C@H](CCN5)Oc2cc(c(CO)cc2O)C[C@H]41. The molecule has 0 aromatic heterocycles. The van der Waals surface area contributed by atoms with Crippen LogP contribution in [0.2, 0.25) is 0 Å². The number of rotatable bonds is 2. The second-order valence-electron chi connectivity index (χ2n) is 17.0. The summed E-state index contributed by atoms with van der Waals surface area (Å²) >= 11 is 0. The Labute approximate surface area is 336 Å². The zero-order valence-electron chi connectivity index (χ0n) is 33.2. The van der Waals surface area contributed by atoms with E-state index in [0.29, 0.717) is 50.0 Å². The van der Waals surface area contributed by atoms with Gasteiger partial charge in [-0.25, -0.2) is 0 Å². The fourth-order valence-corrected chi connectivity index (χ4v) is 9.94. The van der Waals surface area contributed by atoms with E-state index in [1.54, 1.807) is 6.07 Å². The average Bonchev–Trinajstić information content (AvgIpc) is 3.18. The summed E-state index contributed by atoms with van der Waals surface area (Å²) in [4.78, 5) is 17.5. The van der Waals surface area contributed by atoms with Crippen LogP contribution in [0.25, 0.3) is 0 Å². The Bertz CT molecular complexity index is 1860. The van der Waals surface area contributed by atoms with Crippen molar-refractivity contribution in [1.82, 2.24) is 16.0 Å². The smallest absolute Gasteiger partial charge is 0.302 e. The van der Waals surface area contributed by atoms with E-state index in [-0.39, 0.29) is 42.3 Å². The van der Waals surface area contributed by atoms with Crippen molar-refractivity contribution in [1.29, 1.82) is 0 Å². The van der Waals surface area contributed by atoms with Crippen LogP contribution in [-0.2, 0) is 35.4 Å². The fraction of sp³-hybridized carbons (Fsp3) is 0.600. The molecular weight excluding hydrogens is 723 g/mol.